The molecule has 20 nitrogen and oxygen atoms in total. The second-order valence-corrected chi connectivity index (χ2v) is 16.0. The van der Waals surface area contributed by atoms with Crippen molar-refractivity contribution in [3.05, 3.63) is 65.4 Å². The molecular weight excluding hydrogens is 825 g/mol. The molecule has 0 aliphatic carbocycles. The lowest BCUT2D eigenvalue weighted by Gasteiger charge is -2.29. The number of nitrogens with zero attached hydrogens (tertiary/aromatic N) is 2. The number of carbonyl (C=O) groups excluding carboxylic acids is 8. The van der Waals surface area contributed by atoms with Crippen LogP contribution in [0.15, 0.2) is 53.7 Å². The van der Waals surface area contributed by atoms with E-state index < -0.39 is 78.1 Å². The number of nitrogens with two attached hydrogens (primary N) is 3. The maximum Gasteiger partial charge on any atom is 0.257 e. The van der Waals surface area contributed by atoms with Crippen molar-refractivity contribution in [2.24, 2.45) is 22.2 Å². The van der Waals surface area contributed by atoms with E-state index in [4.69, 9.17) is 17.2 Å². The Kier molecular flexibility index (Phi) is 18.6. The minimum Gasteiger partial charge on any atom is -0.370 e. The summed E-state index contributed by atoms with van der Waals surface area (Å²) in [7, 11) is 0. The third-order valence-electron chi connectivity index (χ3n) is 10.8. The van der Waals surface area contributed by atoms with Crippen LogP contribution in [0, 0.1) is 6.92 Å². The quantitative estimate of drug-likeness (QED) is 0.0337. The number of rotatable bonds is 24. The summed E-state index contributed by atoms with van der Waals surface area (Å²) in [6, 6.07) is 7.35. The number of hydrogen-bond donors (Lipinski definition) is 10. The molecule has 1 aliphatic rings. The fourth-order valence-corrected chi connectivity index (χ4v) is 7.37. The maximum atomic E-state index is 14.1. The molecule has 0 spiro atoms. The number of aliphatic imine (C=N–C) groups is 1. The number of anilines is 1. The Bertz CT molecular complexity index is 2200. The summed E-state index contributed by atoms with van der Waals surface area (Å²) in [5.74, 6) is -4.73. The molecule has 3 aromatic rings. The maximum absolute atomic E-state index is 14.1. The molecule has 0 saturated carbocycles. The third-order valence-corrected chi connectivity index (χ3v) is 10.8. The number of carbonyl (C=O) groups is 8. The van der Waals surface area contributed by atoms with Crippen LogP contribution in [0.25, 0.3) is 10.9 Å². The first-order valence-corrected chi connectivity index (χ1v) is 21.6. The highest BCUT2D eigenvalue weighted by molar-refractivity contribution is 6.11. The Morgan fingerprint density at radius 2 is 1.56 bits per heavy atom. The van der Waals surface area contributed by atoms with E-state index in [0.717, 1.165) is 28.5 Å². The monoisotopic (exact) mass is 886 g/mol. The van der Waals surface area contributed by atoms with Gasteiger partial charge in [-0.15, -0.1) is 0 Å². The molecule has 8 amide bonds. The van der Waals surface area contributed by atoms with Crippen LogP contribution < -0.4 is 49.1 Å². The second-order valence-electron chi connectivity index (χ2n) is 16.0. The zero-order valence-corrected chi connectivity index (χ0v) is 36.9. The van der Waals surface area contributed by atoms with Crippen LogP contribution in [0.4, 0.5) is 5.69 Å². The van der Waals surface area contributed by atoms with Crippen molar-refractivity contribution in [3.63, 3.8) is 0 Å². The summed E-state index contributed by atoms with van der Waals surface area (Å²) < 4.78 is 0. The molecule has 0 saturated heterocycles. The third kappa shape index (κ3) is 14.6. The molecule has 13 N–H and O–H groups in total. The topological polar surface area (TPSA) is 318 Å². The lowest BCUT2D eigenvalue weighted by Crippen LogP contribution is -2.55. The molecule has 20 heteroatoms. The Balaban J connectivity index is 1.41. The Morgan fingerprint density at radius 1 is 0.844 bits per heavy atom. The van der Waals surface area contributed by atoms with Gasteiger partial charge in [0.2, 0.25) is 41.4 Å². The van der Waals surface area contributed by atoms with Gasteiger partial charge in [-0.25, -0.2) is 0 Å². The number of nitrogens with one attached hydrogen (secondary N) is 7. The summed E-state index contributed by atoms with van der Waals surface area (Å²) in [6.07, 6.45) is 4.95. The molecule has 1 unspecified atom stereocenters. The minimum absolute atomic E-state index is 0.0899. The van der Waals surface area contributed by atoms with Crippen molar-refractivity contribution in [3.8, 4) is 0 Å². The minimum atomic E-state index is -1.11. The zero-order valence-electron chi connectivity index (χ0n) is 36.9. The normalized spacial score (nSPS) is 15.3. The number of H-pyrrole nitrogens is 1. The summed E-state index contributed by atoms with van der Waals surface area (Å²) >= 11 is 0. The average molecular weight is 887 g/mol. The number of aromatic amines is 1. The molecule has 0 bridgehead atoms. The first kappa shape index (κ1) is 49.7. The molecule has 2 heterocycles. The number of hydrogen-bond acceptors (Lipinski definition) is 9. The van der Waals surface area contributed by atoms with Crippen molar-refractivity contribution >= 4 is 69.8 Å². The van der Waals surface area contributed by atoms with Gasteiger partial charge < -0.3 is 59.0 Å². The van der Waals surface area contributed by atoms with Crippen LogP contribution in [-0.2, 0) is 40.0 Å². The molecule has 346 valence electrons. The van der Waals surface area contributed by atoms with Gasteiger partial charge in [-0.1, -0.05) is 49.6 Å². The highest BCUT2D eigenvalue weighted by Crippen LogP contribution is 2.26. The SMILES string of the molecule is CCCC[C@H](NC(C)=O)C(=O)N[C@@H](C)C(=O)N[C@@H](CCCN=C(N)N)C(=O)NCCCCC1C(=O)Nc2ccc(C)cc2C(=O)N1CC(=O)N[C@@H](Cc1c[nH]c2ccccc12)C(N)=O. The Labute approximate surface area is 372 Å². The fourth-order valence-electron chi connectivity index (χ4n) is 7.37. The van der Waals surface area contributed by atoms with Gasteiger partial charge in [-0.3, -0.25) is 43.3 Å². The second kappa shape index (κ2) is 24.0. The predicted octanol–water partition coefficient (Wildman–Crippen LogP) is 0.477. The molecule has 5 atom stereocenters. The molecule has 2 aromatic carbocycles. The predicted molar refractivity (Wildman–Crippen MR) is 241 cm³/mol. The van der Waals surface area contributed by atoms with Gasteiger partial charge in [0.15, 0.2) is 5.96 Å². The van der Waals surface area contributed by atoms with Crippen LogP contribution in [0.5, 0.6) is 0 Å². The number of fused-ring (bicyclic) bond motifs is 2. The van der Waals surface area contributed by atoms with E-state index in [2.05, 4.69) is 41.9 Å². The van der Waals surface area contributed by atoms with Gasteiger partial charge >= 0.3 is 0 Å². The lowest BCUT2D eigenvalue weighted by atomic mass is 10.0. The molecule has 0 fully saturated rings. The van der Waals surface area contributed by atoms with Crippen LogP contribution in [-0.4, -0.2) is 113 Å². The van der Waals surface area contributed by atoms with E-state index in [0.29, 0.717) is 37.8 Å². The van der Waals surface area contributed by atoms with Crippen LogP contribution in [0.2, 0.25) is 0 Å². The number of primary amides is 1. The highest BCUT2D eigenvalue weighted by atomic mass is 16.2. The van der Waals surface area contributed by atoms with Gasteiger partial charge in [-0.2, -0.15) is 0 Å². The van der Waals surface area contributed by atoms with Crippen LogP contribution in [0.3, 0.4) is 0 Å². The molecular formula is C44H62N12O8. The number of unbranched alkanes of at least 4 members (excludes halogenated alkanes) is 2. The standard InChI is InChI=1S/C44H62N12O8/c1-5-6-13-34(52-27(4)57)41(62)51-26(3)39(60)55-33(15-11-20-49-44(46)47)40(61)48-19-10-9-16-36-42(63)54-32-18-17-25(2)21-30(32)43(64)56(36)24-37(58)53-35(38(45)59)22-28-23-50-31-14-8-7-12-29(28)31/h7-8,12,14,17-18,21,23,26,33-36,50H,5-6,9-11,13,15-16,19-20,22,24H2,1-4H3,(H2,45,59)(H,48,61)(H,51,62)(H,52,57)(H,53,58)(H,54,63)(H,55,60)(H4,46,47,49)/t26-,33-,34-,35-,36?/m0/s1. The van der Waals surface area contributed by atoms with Gasteiger partial charge in [0, 0.05) is 43.5 Å². The highest BCUT2D eigenvalue weighted by Gasteiger charge is 2.37. The van der Waals surface area contributed by atoms with Crippen molar-refractivity contribution in [2.45, 2.75) is 116 Å². The number of amides is 8. The van der Waals surface area contributed by atoms with Crippen molar-refractivity contribution in [1.29, 1.82) is 0 Å². The Morgan fingerprint density at radius 3 is 2.27 bits per heavy atom. The van der Waals surface area contributed by atoms with Gasteiger partial charge in [0.25, 0.3) is 5.91 Å². The van der Waals surface area contributed by atoms with Crippen LogP contribution >= 0.6 is 0 Å². The first-order chi connectivity index (χ1) is 30.5. The number of guanidine groups is 1. The fraction of sp³-hybridized carbons (Fsp3) is 0.477. The molecule has 0 radical (unpaired) electrons. The number of aryl methyl sites for hydroxylation is 1. The van der Waals surface area contributed by atoms with E-state index in [1.807, 2.05) is 31.2 Å². The number of para-hydroxylation sites is 1. The molecule has 1 aliphatic heterocycles. The summed E-state index contributed by atoms with van der Waals surface area (Å²) in [6.45, 7) is 6.28. The van der Waals surface area contributed by atoms with Gasteiger partial charge in [0.1, 0.15) is 36.8 Å². The van der Waals surface area contributed by atoms with Crippen molar-refractivity contribution in [1.82, 2.24) is 36.5 Å². The first-order valence-electron chi connectivity index (χ1n) is 21.6. The smallest absolute Gasteiger partial charge is 0.257 e. The largest absolute Gasteiger partial charge is 0.370 e. The van der Waals surface area contributed by atoms with Gasteiger partial charge in [-0.05, 0) is 76.1 Å². The zero-order chi connectivity index (χ0) is 46.9. The Hall–Kier alpha value is -6.99. The lowest BCUT2D eigenvalue weighted by molar-refractivity contribution is -0.133. The van der Waals surface area contributed by atoms with Crippen LogP contribution in [0.1, 0.15) is 93.6 Å². The summed E-state index contributed by atoms with van der Waals surface area (Å²) in [5.41, 5.74) is 19.5. The van der Waals surface area contributed by atoms with E-state index in [1.54, 1.807) is 31.3 Å². The molecule has 4 rings (SSSR count). The van der Waals surface area contributed by atoms with Crippen molar-refractivity contribution < 1.29 is 38.4 Å². The molecule has 64 heavy (non-hydrogen) atoms. The van der Waals surface area contributed by atoms with E-state index in [9.17, 15) is 38.4 Å². The van der Waals surface area contributed by atoms with E-state index in [1.165, 1.54) is 18.7 Å². The summed E-state index contributed by atoms with van der Waals surface area (Å²) in [4.78, 5) is 114. The summed E-state index contributed by atoms with van der Waals surface area (Å²) in [5, 5.41) is 17.1. The van der Waals surface area contributed by atoms with Crippen molar-refractivity contribution in [2.75, 3.05) is 25.0 Å². The number of aromatic nitrogens is 1. The number of benzene rings is 2. The van der Waals surface area contributed by atoms with Gasteiger partial charge in [0.05, 0.1) is 11.3 Å². The molecule has 1 aromatic heterocycles. The van der Waals surface area contributed by atoms with E-state index in [-0.39, 0.29) is 49.8 Å². The van der Waals surface area contributed by atoms with E-state index >= 15 is 0 Å². The average Bonchev–Trinajstić information content (AvgIpc) is 3.62.